The smallest absolute Gasteiger partial charge is 0.241 e. The van der Waals surface area contributed by atoms with Gasteiger partial charge in [-0.05, 0) is 43.0 Å². The van der Waals surface area contributed by atoms with Crippen LogP contribution in [0.25, 0.3) is 6.08 Å². The van der Waals surface area contributed by atoms with E-state index in [1.54, 1.807) is 6.08 Å². The maximum atomic E-state index is 10.6. The van der Waals surface area contributed by atoms with Crippen LogP contribution in [0.5, 0.6) is 0 Å². The van der Waals surface area contributed by atoms with Crippen LogP contribution in [0.15, 0.2) is 30.3 Å². The second-order valence-electron chi connectivity index (χ2n) is 4.37. The van der Waals surface area contributed by atoms with E-state index in [9.17, 15) is 4.79 Å². The number of primary amides is 1. The van der Waals surface area contributed by atoms with E-state index in [-0.39, 0.29) is 0 Å². The van der Waals surface area contributed by atoms with Gasteiger partial charge >= 0.3 is 0 Å². The first-order valence-electron chi connectivity index (χ1n) is 6.08. The molecule has 2 N–H and O–H groups in total. The highest BCUT2D eigenvalue weighted by molar-refractivity contribution is 5.90. The molecule has 1 aromatic rings. The van der Waals surface area contributed by atoms with Crippen molar-refractivity contribution in [3.05, 3.63) is 35.9 Å². The molecule has 1 saturated heterocycles. The number of nitrogens with two attached hydrogens (primary N) is 1. The van der Waals surface area contributed by atoms with E-state index in [1.807, 2.05) is 12.1 Å². The van der Waals surface area contributed by atoms with Crippen LogP contribution in [0.1, 0.15) is 24.8 Å². The molecule has 3 nitrogen and oxygen atoms in total. The van der Waals surface area contributed by atoms with Gasteiger partial charge in [0.2, 0.25) is 5.91 Å². The number of anilines is 1. The fourth-order valence-corrected chi connectivity index (χ4v) is 2.13. The number of nitrogens with zero attached hydrogens (tertiary/aromatic N) is 1. The van der Waals surface area contributed by atoms with E-state index in [4.69, 9.17) is 5.73 Å². The number of carbonyl (C=O) groups excluding carboxylic acids is 1. The van der Waals surface area contributed by atoms with Gasteiger partial charge in [0.05, 0.1) is 0 Å². The Labute approximate surface area is 102 Å². The third-order valence-electron chi connectivity index (χ3n) is 3.05. The lowest BCUT2D eigenvalue weighted by atomic mass is 10.1. The Hall–Kier alpha value is -1.77. The lowest BCUT2D eigenvalue weighted by Gasteiger charge is -2.28. The molecule has 0 atom stereocenters. The van der Waals surface area contributed by atoms with Gasteiger partial charge in [0.1, 0.15) is 0 Å². The minimum absolute atomic E-state index is 0.412. The fourth-order valence-electron chi connectivity index (χ4n) is 2.13. The zero-order chi connectivity index (χ0) is 12.1. The van der Waals surface area contributed by atoms with Gasteiger partial charge in [-0.25, -0.2) is 0 Å². The summed E-state index contributed by atoms with van der Waals surface area (Å²) in [5, 5.41) is 0. The maximum absolute atomic E-state index is 10.6. The molecule has 1 aromatic carbocycles. The summed E-state index contributed by atoms with van der Waals surface area (Å²) in [6.45, 7) is 2.30. The number of benzene rings is 1. The molecule has 3 heteroatoms. The highest BCUT2D eigenvalue weighted by Gasteiger charge is 2.09. The molecule has 17 heavy (non-hydrogen) atoms. The molecule has 0 saturated carbocycles. The summed E-state index contributed by atoms with van der Waals surface area (Å²) in [5.41, 5.74) is 7.32. The van der Waals surface area contributed by atoms with Crippen LogP contribution in [0.2, 0.25) is 0 Å². The van der Waals surface area contributed by atoms with Gasteiger partial charge in [-0.3, -0.25) is 4.79 Å². The van der Waals surface area contributed by atoms with Gasteiger partial charge in [-0.2, -0.15) is 0 Å². The molecular formula is C14H18N2O. The van der Waals surface area contributed by atoms with Crippen LogP contribution >= 0.6 is 0 Å². The molecule has 1 aliphatic heterocycles. The molecular weight excluding hydrogens is 212 g/mol. The lowest BCUT2D eigenvalue weighted by Crippen LogP contribution is -2.29. The fraction of sp³-hybridized carbons (Fsp3) is 0.357. The summed E-state index contributed by atoms with van der Waals surface area (Å²) in [6.07, 6.45) is 7.03. The molecule has 1 aliphatic rings. The zero-order valence-electron chi connectivity index (χ0n) is 9.93. The third-order valence-corrected chi connectivity index (χ3v) is 3.05. The highest BCUT2D eigenvalue weighted by Crippen LogP contribution is 2.20. The average Bonchev–Trinajstić information content (AvgIpc) is 2.38. The van der Waals surface area contributed by atoms with E-state index in [1.165, 1.54) is 31.0 Å². The predicted octanol–water partition coefficient (Wildman–Crippen LogP) is 2.18. The van der Waals surface area contributed by atoms with Gasteiger partial charge in [0.15, 0.2) is 0 Å². The standard InChI is InChI=1S/C14H18N2O/c15-14(17)9-6-12-4-7-13(8-5-12)16-10-2-1-3-11-16/h4-9H,1-3,10-11H2,(H2,15,17). The molecule has 90 valence electrons. The van der Waals surface area contributed by atoms with Crippen LogP contribution in [-0.4, -0.2) is 19.0 Å². The normalized spacial score (nSPS) is 16.4. The monoisotopic (exact) mass is 230 g/mol. The molecule has 1 amide bonds. The summed E-state index contributed by atoms with van der Waals surface area (Å²) in [6, 6.07) is 8.24. The van der Waals surface area contributed by atoms with E-state index >= 15 is 0 Å². The van der Waals surface area contributed by atoms with Crippen molar-refractivity contribution < 1.29 is 4.79 Å². The molecule has 0 aliphatic carbocycles. The topological polar surface area (TPSA) is 46.3 Å². The van der Waals surface area contributed by atoms with E-state index < -0.39 is 5.91 Å². The second-order valence-corrected chi connectivity index (χ2v) is 4.37. The molecule has 0 aromatic heterocycles. The Morgan fingerprint density at radius 3 is 2.35 bits per heavy atom. The van der Waals surface area contributed by atoms with Crippen molar-refractivity contribution in [3.63, 3.8) is 0 Å². The number of rotatable bonds is 3. The summed E-state index contributed by atoms with van der Waals surface area (Å²) >= 11 is 0. The Balaban J connectivity index is 2.04. The van der Waals surface area contributed by atoms with Crippen molar-refractivity contribution in [3.8, 4) is 0 Å². The van der Waals surface area contributed by atoms with Gasteiger partial charge in [-0.1, -0.05) is 12.1 Å². The lowest BCUT2D eigenvalue weighted by molar-refractivity contribution is -0.113. The molecule has 2 rings (SSSR count). The van der Waals surface area contributed by atoms with Crippen LogP contribution in [-0.2, 0) is 4.79 Å². The third kappa shape index (κ3) is 3.34. The molecule has 0 spiro atoms. The van der Waals surface area contributed by atoms with Gasteiger partial charge in [0, 0.05) is 24.9 Å². The Kier molecular flexibility index (Phi) is 3.81. The van der Waals surface area contributed by atoms with E-state index in [0.717, 1.165) is 18.7 Å². The largest absolute Gasteiger partial charge is 0.372 e. The van der Waals surface area contributed by atoms with Crippen molar-refractivity contribution in [1.29, 1.82) is 0 Å². The maximum Gasteiger partial charge on any atom is 0.241 e. The Morgan fingerprint density at radius 2 is 1.76 bits per heavy atom. The van der Waals surface area contributed by atoms with Crippen molar-refractivity contribution in [2.75, 3.05) is 18.0 Å². The number of hydrogen-bond acceptors (Lipinski definition) is 2. The molecule has 0 radical (unpaired) electrons. The summed E-state index contributed by atoms with van der Waals surface area (Å²) < 4.78 is 0. The van der Waals surface area contributed by atoms with E-state index in [0.29, 0.717) is 0 Å². The summed E-state index contributed by atoms with van der Waals surface area (Å²) in [4.78, 5) is 13.0. The first-order valence-corrected chi connectivity index (χ1v) is 6.08. The molecule has 1 fully saturated rings. The quantitative estimate of drug-likeness (QED) is 0.809. The van der Waals surface area contributed by atoms with Gasteiger partial charge in [-0.15, -0.1) is 0 Å². The number of piperidine rings is 1. The Bertz CT molecular complexity index is 403. The van der Waals surface area contributed by atoms with Crippen LogP contribution in [0, 0.1) is 0 Å². The minimum Gasteiger partial charge on any atom is -0.372 e. The first-order chi connectivity index (χ1) is 8.25. The predicted molar refractivity (Wildman–Crippen MR) is 70.7 cm³/mol. The molecule has 0 bridgehead atoms. The summed E-state index contributed by atoms with van der Waals surface area (Å²) in [7, 11) is 0. The number of amides is 1. The van der Waals surface area contributed by atoms with Gasteiger partial charge < -0.3 is 10.6 Å². The number of carbonyl (C=O) groups is 1. The SMILES string of the molecule is NC(=O)C=Cc1ccc(N2CCCCC2)cc1. The van der Waals surface area contributed by atoms with Crippen LogP contribution < -0.4 is 10.6 Å². The van der Waals surface area contributed by atoms with Crippen LogP contribution in [0.4, 0.5) is 5.69 Å². The highest BCUT2D eigenvalue weighted by atomic mass is 16.1. The molecule has 1 heterocycles. The van der Waals surface area contributed by atoms with E-state index in [2.05, 4.69) is 17.0 Å². The van der Waals surface area contributed by atoms with Crippen molar-refractivity contribution in [2.24, 2.45) is 5.73 Å². The van der Waals surface area contributed by atoms with Crippen molar-refractivity contribution >= 4 is 17.7 Å². The van der Waals surface area contributed by atoms with Crippen molar-refractivity contribution in [1.82, 2.24) is 0 Å². The minimum atomic E-state index is -0.412. The first kappa shape index (κ1) is 11.7. The van der Waals surface area contributed by atoms with Crippen LogP contribution in [0.3, 0.4) is 0 Å². The van der Waals surface area contributed by atoms with Gasteiger partial charge in [0.25, 0.3) is 0 Å². The molecule has 0 unspecified atom stereocenters. The number of hydrogen-bond donors (Lipinski definition) is 1. The second kappa shape index (κ2) is 5.53. The van der Waals surface area contributed by atoms with Crippen molar-refractivity contribution in [2.45, 2.75) is 19.3 Å². The zero-order valence-corrected chi connectivity index (χ0v) is 9.93. The Morgan fingerprint density at radius 1 is 1.12 bits per heavy atom. The average molecular weight is 230 g/mol. The summed E-state index contributed by atoms with van der Waals surface area (Å²) in [5.74, 6) is -0.412.